The van der Waals surface area contributed by atoms with E-state index < -0.39 is 0 Å². The predicted octanol–water partition coefficient (Wildman–Crippen LogP) is 5.03. The fraction of sp³-hybridized carbons (Fsp3) is 0.345. The quantitative estimate of drug-likeness (QED) is 0.347. The molecule has 0 amide bonds. The summed E-state index contributed by atoms with van der Waals surface area (Å²) in [5.74, 6) is 0.764. The van der Waals surface area contributed by atoms with Gasteiger partial charge in [-0.05, 0) is 54.4 Å². The van der Waals surface area contributed by atoms with Crippen LogP contribution in [0.1, 0.15) is 17.5 Å². The number of fused-ring (bicyclic) bond motifs is 1. The summed E-state index contributed by atoms with van der Waals surface area (Å²) in [5, 5.41) is 2.09. The van der Waals surface area contributed by atoms with Gasteiger partial charge in [0.05, 0.1) is 19.0 Å². The molecule has 1 fully saturated rings. The van der Waals surface area contributed by atoms with Gasteiger partial charge in [0.1, 0.15) is 5.75 Å². The highest BCUT2D eigenvalue weighted by atomic mass is 35.5. The Bertz CT molecular complexity index is 1300. The van der Waals surface area contributed by atoms with Gasteiger partial charge in [0.2, 0.25) is 0 Å². The molecule has 2 aromatic heterocycles. The van der Waals surface area contributed by atoms with E-state index >= 15 is 0 Å². The van der Waals surface area contributed by atoms with Crippen molar-refractivity contribution in [2.24, 2.45) is 5.73 Å². The third kappa shape index (κ3) is 5.57. The monoisotopic (exact) mass is 503 g/mol. The summed E-state index contributed by atoms with van der Waals surface area (Å²) in [7, 11) is 1.66. The van der Waals surface area contributed by atoms with E-state index in [4.69, 9.17) is 22.1 Å². The number of ether oxygens (including phenoxy) is 1. The van der Waals surface area contributed by atoms with Crippen LogP contribution in [0, 0.1) is 0 Å². The smallest absolute Gasteiger partial charge is 0.137 e. The van der Waals surface area contributed by atoms with Crippen LogP contribution in [-0.4, -0.2) is 59.2 Å². The molecule has 6 nitrogen and oxygen atoms in total. The maximum atomic E-state index is 6.37. The van der Waals surface area contributed by atoms with E-state index in [1.165, 1.54) is 22.0 Å². The van der Waals surface area contributed by atoms with E-state index in [1.807, 2.05) is 24.3 Å². The molecule has 1 aliphatic rings. The number of nitrogens with zero attached hydrogens (tertiary/aromatic N) is 4. The number of nitrogens with two attached hydrogens (primary N) is 1. The maximum Gasteiger partial charge on any atom is 0.137 e. The minimum Gasteiger partial charge on any atom is -0.495 e. The first-order valence-electron chi connectivity index (χ1n) is 12.6. The van der Waals surface area contributed by atoms with Crippen LogP contribution < -0.4 is 10.5 Å². The standard InChI is InChI=1S/C29H34ClN5O/c1-36-24-8-9-28(32-18-24)26-21-35(12-4-11-31)29-10-7-22(17-25(26)29)19-33-13-15-34(16-14-33)20-23-5-2-3-6-27(23)30/h2-3,5-10,17-18,21H,4,11-16,19-20,31H2,1H3. The highest BCUT2D eigenvalue weighted by Gasteiger charge is 2.19. The zero-order valence-electron chi connectivity index (χ0n) is 20.9. The van der Waals surface area contributed by atoms with E-state index in [0.29, 0.717) is 6.54 Å². The van der Waals surface area contributed by atoms with E-state index in [0.717, 1.165) is 74.3 Å². The Hall–Kier alpha value is -2.90. The number of benzene rings is 2. The number of aryl methyl sites for hydroxylation is 1. The highest BCUT2D eigenvalue weighted by Crippen LogP contribution is 2.32. The van der Waals surface area contributed by atoms with Gasteiger partial charge < -0.3 is 15.0 Å². The molecule has 36 heavy (non-hydrogen) atoms. The lowest BCUT2D eigenvalue weighted by molar-refractivity contribution is 0.122. The van der Waals surface area contributed by atoms with Crippen LogP contribution in [-0.2, 0) is 19.6 Å². The van der Waals surface area contributed by atoms with E-state index in [9.17, 15) is 0 Å². The van der Waals surface area contributed by atoms with Crippen LogP contribution in [0.3, 0.4) is 0 Å². The van der Waals surface area contributed by atoms with Gasteiger partial charge in [0, 0.05) is 73.5 Å². The van der Waals surface area contributed by atoms with Crippen LogP contribution in [0.2, 0.25) is 5.02 Å². The van der Waals surface area contributed by atoms with Crippen LogP contribution in [0.15, 0.2) is 67.0 Å². The lowest BCUT2D eigenvalue weighted by Crippen LogP contribution is -2.45. The first-order valence-corrected chi connectivity index (χ1v) is 13.0. The third-order valence-electron chi connectivity index (χ3n) is 7.02. The zero-order valence-corrected chi connectivity index (χ0v) is 21.6. The van der Waals surface area contributed by atoms with Gasteiger partial charge in [-0.2, -0.15) is 0 Å². The highest BCUT2D eigenvalue weighted by molar-refractivity contribution is 6.31. The lowest BCUT2D eigenvalue weighted by Gasteiger charge is -2.35. The van der Waals surface area contributed by atoms with Gasteiger partial charge in [-0.25, -0.2) is 0 Å². The number of piperazine rings is 1. The number of hydrogen-bond acceptors (Lipinski definition) is 5. The van der Waals surface area contributed by atoms with E-state index in [1.54, 1.807) is 13.3 Å². The van der Waals surface area contributed by atoms with E-state index in [-0.39, 0.29) is 0 Å². The number of pyridine rings is 1. The van der Waals surface area contributed by atoms with Gasteiger partial charge in [-0.1, -0.05) is 35.9 Å². The molecular weight excluding hydrogens is 470 g/mol. The summed E-state index contributed by atoms with van der Waals surface area (Å²) in [5.41, 5.74) is 11.7. The molecule has 0 radical (unpaired) electrons. The minimum absolute atomic E-state index is 0.677. The van der Waals surface area contributed by atoms with Crippen molar-refractivity contribution < 1.29 is 4.74 Å². The molecule has 2 aromatic carbocycles. The normalized spacial score (nSPS) is 15.0. The molecule has 3 heterocycles. The topological polar surface area (TPSA) is 59.6 Å². The molecule has 7 heteroatoms. The number of aromatic nitrogens is 2. The molecule has 0 spiro atoms. The molecule has 188 valence electrons. The fourth-order valence-corrected chi connectivity index (χ4v) is 5.18. The SMILES string of the molecule is COc1ccc(-c2cn(CCCN)c3ccc(CN4CCN(Cc5ccccc5Cl)CC4)cc23)nc1. The lowest BCUT2D eigenvalue weighted by atomic mass is 10.1. The Balaban J connectivity index is 1.32. The van der Waals surface area contributed by atoms with Crippen molar-refractivity contribution >= 4 is 22.5 Å². The average molecular weight is 504 g/mol. The number of halogens is 1. The molecule has 0 saturated carbocycles. The summed E-state index contributed by atoms with van der Waals surface area (Å²) in [4.78, 5) is 9.70. The van der Waals surface area contributed by atoms with Crippen molar-refractivity contribution in [1.29, 1.82) is 0 Å². The Morgan fingerprint density at radius 2 is 1.75 bits per heavy atom. The van der Waals surface area contributed by atoms with Gasteiger partial charge in [-0.15, -0.1) is 0 Å². The fourth-order valence-electron chi connectivity index (χ4n) is 4.99. The number of rotatable bonds is 9. The molecular formula is C29H34ClN5O. The Morgan fingerprint density at radius 1 is 0.972 bits per heavy atom. The van der Waals surface area contributed by atoms with Crippen LogP contribution in [0.25, 0.3) is 22.2 Å². The molecule has 1 aliphatic heterocycles. The molecule has 0 aliphatic carbocycles. The molecule has 4 aromatic rings. The number of methoxy groups -OCH3 is 1. The van der Waals surface area contributed by atoms with Crippen molar-refractivity contribution in [3.8, 4) is 17.0 Å². The molecule has 1 saturated heterocycles. The van der Waals surface area contributed by atoms with Crippen LogP contribution in [0.4, 0.5) is 0 Å². The Kier molecular flexibility index (Phi) is 7.87. The maximum absolute atomic E-state index is 6.37. The van der Waals surface area contributed by atoms with E-state index in [2.05, 4.69) is 55.9 Å². The zero-order chi connectivity index (χ0) is 24.9. The van der Waals surface area contributed by atoms with Crippen molar-refractivity contribution in [1.82, 2.24) is 19.4 Å². The third-order valence-corrected chi connectivity index (χ3v) is 7.39. The Morgan fingerprint density at radius 3 is 2.44 bits per heavy atom. The first-order chi connectivity index (χ1) is 17.6. The molecule has 0 bridgehead atoms. The van der Waals surface area contributed by atoms with Gasteiger partial charge >= 0.3 is 0 Å². The molecule has 0 unspecified atom stereocenters. The van der Waals surface area contributed by atoms with Crippen molar-refractivity contribution in [3.63, 3.8) is 0 Å². The van der Waals surface area contributed by atoms with Crippen LogP contribution in [0.5, 0.6) is 5.75 Å². The number of hydrogen-bond donors (Lipinski definition) is 1. The summed E-state index contributed by atoms with van der Waals surface area (Å²) < 4.78 is 7.61. The van der Waals surface area contributed by atoms with Crippen molar-refractivity contribution in [2.75, 3.05) is 39.8 Å². The average Bonchev–Trinajstić information content (AvgIpc) is 3.27. The summed E-state index contributed by atoms with van der Waals surface area (Å²) in [6.45, 7) is 7.62. The second-order valence-corrected chi connectivity index (χ2v) is 9.86. The molecule has 2 N–H and O–H groups in total. The predicted molar refractivity (Wildman–Crippen MR) is 147 cm³/mol. The van der Waals surface area contributed by atoms with Gasteiger partial charge in [0.25, 0.3) is 0 Å². The van der Waals surface area contributed by atoms with Gasteiger partial charge in [0.15, 0.2) is 0 Å². The molecule has 5 rings (SSSR count). The summed E-state index contributed by atoms with van der Waals surface area (Å²) >= 11 is 6.37. The molecule has 0 atom stereocenters. The summed E-state index contributed by atoms with van der Waals surface area (Å²) in [6, 6.07) is 19.0. The first kappa shape index (κ1) is 24.8. The minimum atomic E-state index is 0.677. The summed E-state index contributed by atoms with van der Waals surface area (Å²) in [6.07, 6.45) is 4.94. The van der Waals surface area contributed by atoms with Gasteiger partial charge in [-0.3, -0.25) is 14.8 Å². The van der Waals surface area contributed by atoms with Crippen molar-refractivity contribution in [3.05, 3.63) is 83.1 Å². The largest absolute Gasteiger partial charge is 0.495 e. The second kappa shape index (κ2) is 11.4. The Labute approximate surface area is 218 Å². The van der Waals surface area contributed by atoms with Crippen molar-refractivity contribution in [2.45, 2.75) is 26.1 Å². The second-order valence-electron chi connectivity index (χ2n) is 9.46. The van der Waals surface area contributed by atoms with Crippen LogP contribution >= 0.6 is 11.6 Å².